The van der Waals surface area contributed by atoms with E-state index in [-0.39, 0.29) is 11.7 Å². The van der Waals surface area contributed by atoms with E-state index >= 15 is 0 Å². The number of nitrogens with zero attached hydrogens (tertiary/aromatic N) is 2. The van der Waals surface area contributed by atoms with E-state index in [1.807, 2.05) is 0 Å². The highest BCUT2D eigenvalue weighted by molar-refractivity contribution is 7.80. The zero-order chi connectivity index (χ0) is 18.2. The molecule has 0 aromatic heterocycles. The van der Waals surface area contributed by atoms with Crippen LogP contribution in [0, 0.1) is 11.8 Å². The summed E-state index contributed by atoms with van der Waals surface area (Å²) in [7, 11) is 0. The molecule has 0 aromatic carbocycles. The van der Waals surface area contributed by atoms with Crippen molar-refractivity contribution < 1.29 is 4.79 Å². The van der Waals surface area contributed by atoms with Crippen LogP contribution in [0.4, 0.5) is 0 Å². The smallest absolute Gasteiger partial charge is 0.241 e. The second-order valence-electron chi connectivity index (χ2n) is 8.52. The van der Waals surface area contributed by atoms with Crippen molar-refractivity contribution in [1.29, 1.82) is 0 Å². The summed E-state index contributed by atoms with van der Waals surface area (Å²) < 4.78 is 0. The maximum Gasteiger partial charge on any atom is 0.241 e. The molecule has 2 aliphatic heterocycles. The lowest BCUT2D eigenvalue weighted by Gasteiger charge is -2.45. The van der Waals surface area contributed by atoms with Gasteiger partial charge in [0.1, 0.15) is 0 Å². The predicted octanol–water partition coefficient (Wildman–Crippen LogP) is 2.32. The van der Waals surface area contributed by atoms with E-state index in [4.69, 9.17) is 12.2 Å². The highest BCUT2D eigenvalue weighted by atomic mass is 32.1. The first-order valence-electron chi connectivity index (χ1n) is 10.0. The fraction of sp³-hybridized carbons (Fsp3) is 0.895. The Morgan fingerprint density at radius 3 is 2.48 bits per heavy atom. The maximum absolute atomic E-state index is 13.1. The molecule has 0 bridgehead atoms. The molecule has 5 nitrogen and oxygen atoms in total. The highest BCUT2D eigenvalue weighted by Crippen LogP contribution is 2.39. The first-order valence-corrected chi connectivity index (χ1v) is 10.4. The molecule has 0 radical (unpaired) electrons. The first-order chi connectivity index (χ1) is 11.9. The standard InChI is InChI=1S/C19H34N4OS/c1-5-14(4)16-17(24)23(12-15-6-7-15)19(21-16)8-10-22(11-9-19)18(25)20-13(2)3/h13-16,21H,5-12H2,1-4H3,(H,20,25). The fourth-order valence-corrected chi connectivity index (χ4v) is 4.50. The van der Waals surface area contributed by atoms with Crippen molar-refractivity contribution in [2.45, 2.75) is 77.5 Å². The average molecular weight is 367 g/mol. The number of carbonyl (C=O) groups is 1. The molecule has 25 heavy (non-hydrogen) atoms. The number of hydrogen-bond acceptors (Lipinski definition) is 3. The molecule has 1 saturated carbocycles. The van der Waals surface area contributed by atoms with E-state index in [9.17, 15) is 4.79 Å². The van der Waals surface area contributed by atoms with Crippen LogP contribution in [-0.2, 0) is 4.79 Å². The number of likely N-dealkylation sites (tertiary alicyclic amines) is 1. The number of carbonyl (C=O) groups excluding carboxylic acids is 1. The van der Waals surface area contributed by atoms with Crippen LogP contribution in [0.15, 0.2) is 0 Å². The fourth-order valence-electron chi connectivity index (χ4n) is 4.08. The normalized spacial score (nSPS) is 27.2. The van der Waals surface area contributed by atoms with Crippen LogP contribution in [0.3, 0.4) is 0 Å². The van der Waals surface area contributed by atoms with E-state index in [0.29, 0.717) is 17.9 Å². The monoisotopic (exact) mass is 366 g/mol. The van der Waals surface area contributed by atoms with Gasteiger partial charge in [-0.3, -0.25) is 10.1 Å². The third kappa shape index (κ3) is 3.95. The van der Waals surface area contributed by atoms with Crippen molar-refractivity contribution in [1.82, 2.24) is 20.4 Å². The van der Waals surface area contributed by atoms with Crippen LogP contribution in [0.5, 0.6) is 0 Å². The molecule has 142 valence electrons. The summed E-state index contributed by atoms with van der Waals surface area (Å²) in [6.07, 6.45) is 5.51. The lowest BCUT2D eigenvalue weighted by atomic mass is 9.95. The van der Waals surface area contributed by atoms with Crippen LogP contribution in [0.2, 0.25) is 0 Å². The van der Waals surface area contributed by atoms with Gasteiger partial charge in [-0.2, -0.15) is 0 Å². The van der Waals surface area contributed by atoms with Crippen LogP contribution in [0.25, 0.3) is 0 Å². The molecule has 3 fully saturated rings. The SMILES string of the molecule is CCC(C)C1NC2(CCN(C(=S)NC(C)C)CC2)N(CC2CC2)C1=O. The van der Waals surface area contributed by atoms with Gasteiger partial charge in [0.05, 0.1) is 11.7 Å². The summed E-state index contributed by atoms with van der Waals surface area (Å²) in [6, 6.07) is 0.340. The van der Waals surface area contributed by atoms with Gasteiger partial charge >= 0.3 is 0 Å². The molecule has 0 aromatic rings. The molecular weight excluding hydrogens is 332 g/mol. The average Bonchev–Trinajstić information content (AvgIpc) is 3.36. The number of thiocarbonyl (C=S) groups is 1. The summed E-state index contributed by atoms with van der Waals surface area (Å²) in [5.41, 5.74) is -0.155. The zero-order valence-corrected chi connectivity index (χ0v) is 17.0. The quantitative estimate of drug-likeness (QED) is 0.731. The Morgan fingerprint density at radius 1 is 1.32 bits per heavy atom. The Hall–Kier alpha value is -0.880. The van der Waals surface area contributed by atoms with Gasteiger partial charge in [-0.15, -0.1) is 0 Å². The minimum Gasteiger partial charge on any atom is -0.360 e. The molecule has 6 heteroatoms. The Balaban J connectivity index is 1.70. The van der Waals surface area contributed by atoms with Crippen molar-refractivity contribution in [2.24, 2.45) is 11.8 Å². The number of nitrogens with one attached hydrogen (secondary N) is 2. The molecule has 2 unspecified atom stereocenters. The van der Waals surface area contributed by atoms with Gasteiger partial charge in [0.2, 0.25) is 5.91 Å². The second kappa shape index (κ2) is 7.39. The van der Waals surface area contributed by atoms with Crippen LogP contribution >= 0.6 is 12.2 Å². The number of hydrogen-bond donors (Lipinski definition) is 2. The Morgan fingerprint density at radius 2 is 1.96 bits per heavy atom. The van der Waals surface area contributed by atoms with Crippen molar-refractivity contribution in [3.63, 3.8) is 0 Å². The largest absolute Gasteiger partial charge is 0.360 e. The summed E-state index contributed by atoms with van der Waals surface area (Å²) in [5.74, 6) is 1.44. The second-order valence-corrected chi connectivity index (χ2v) is 8.91. The molecule has 2 N–H and O–H groups in total. The molecule has 1 spiro atoms. The first kappa shape index (κ1) is 18.9. The summed E-state index contributed by atoms with van der Waals surface area (Å²) >= 11 is 5.54. The Kier molecular flexibility index (Phi) is 5.59. The van der Waals surface area contributed by atoms with E-state index in [2.05, 4.69) is 48.1 Å². The van der Waals surface area contributed by atoms with E-state index < -0.39 is 0 Å². The number of rotatable bonds is 5. The topological polar surface area (TPSA) is 47.6 Å². The molecule has 3 aliphatic rings. The molecular formula is C19H34N4OS. The van der Waals surface area contributed by atoms with Crippen LogP contribution in [-0.4, -0.2) is 58.2 Å². The van der Waals surface area contributed by atoms with E-state index in [1.54, 1.807) is 0 Å². The molecule has 2 saturated heterocycles. The Bertz CT molecular complexity index is 512. The van der Waals surface area contributed by atoms with Gasteiger partial charge in [0.25, 0.3) is 0 Å². The van der Waals surface area contributed by atoms with Gasteiger partial charge < -0.3 is 15.1 Å². The molecule has 1 amide bonds. The summed E-state index contributed by atoms with van der Waals surface area (Å²) in [5, 5.41) is 7.97. The molecule has 2 heterocycles. The van der Waals surface area contributed by atoms with Gasteiger partial charge in [-0.25, -0.2) is 0 Å². The number of amides is 1. The molecule has 1 aliphatic carbocycles. The minimum atomic E-state index is -0.155. The third-order valence-electron chi connectivity index (χ3n) is 6.11. The lowest BCUT2D eigenvalue weighted by Crippen LogP contribution is -2.61. The van der Waals surface area contributed by atoms with Crippen LogP contribution < -0.4 is 10.6 Å². The predicted molar refractivity (Wildman–Crippen MR) is 105 cm³/mol. The zero-order valence-electron chi connectivity index (χ0n) is 16.2. The Labute approximate surface area is 157 Å². The molecule has 2 atom stereocenters. The van der Waals surface area contributed by atoms with Crippen molar-refractivity contribution in [3.8, 4) is 0 Å². The van der Waals surface area contributed by atoms with Crippen molar-refractivity contribution in [3.05, 3.63) is 0 Å². The van der Waals surface area contributed by atoms with Crippen molar-refractivity contribution >= 4 is 23.2 Å². The minimum absolute atomic E-state index is 0.0176. The third-order valence-corrected chi connectivity index (χ3v) is 6.49. The van der Waals surface area contributed by atoms with Gasteiger partial charge in [-0.05, 0) is 50.7 Å². The molecule has 3 rings (SSSR count). The number of piperidine rings is 1. The van der Waals surface area contributed by atoms with Crippen LogP contribution in [0.1, 0.15) is 59.8 Å². The lowest BCUT2D eigenvalue weighted by molar-refractivity contribution is -0.134. The summed E-state index contributed by atoms with van der Waals surface area (Å²) in [6.45, 7) is 11.4. The van der Waals surface area contributed by atoms with Gasteiger partial charge in [0, 0.05) is 38.5 Å². The summed E-state index contributed by atoms with van der Waals surface area (Å²) in [4.78, 5) is 17.6. The van der Waals surface area contributed by atoms with E-state index in [0.717, 1.165) is 49.9 Å². The van der Waals surface area contributed by atoms with Gasteiger partial charge in [0.15, 0.2) is 5.11 Å². The maximum atomic E-state index is 13.1. The van der Waals surface area contributed by atoms with E-state index in [1.165, 1.54) is 12.8 Å². The van der Waals surface area contributed by atoms with Gasteiger partial charge in [-0.1, -0.05) is 20.3 Å². The van der Waals surface area contributed by atoms with Crippen molar-refractivity contribution in [2.75, 3.05) is 19.6 Å². The highest BCUT2D eigenvalue weighted by Gasteiger charge is 2.53.